The predicted octanol–water partition coefficient (Wildman–Crippen LogP) is 5.41. The summed E-state index contributed by atoms with van der Waals surface area (Å²) in [6.07, 6.45) is 10.6. The standard InChI is InChI=1S/C21H28O2/c1-14(2)8-7-9-15(3)12-13-17-16(4)20(22)18-10-5-6-11-19(18)21(17)23/h8,12H,5-7,9-11,13H2,1-4H3/b15-12+. The van der Waals surface area contributed by atoms with Crippen molar-refractivity contribution in [1.29, 1.82) is 0 Å². The zero-order valence-corrected chi connectivity index (χ0v) is 14.9. The van der Waals surface area contributed by atoms with Gasteiger partial charge in [0, 0.05) is 22.3 Å². The fourth-order valence-corrected chi connectivity index (χ4v) is 3.33. The van der Waals surface area contributed by atoms with Crippen molar-refractivity contribution in [1.82, 2.24) is 0 Å². The van der Waals surface area contributed by atoms with Crippen LogP contribution in [-0.4, -0.2) is 11.6 Å². The lowest BCUT2D eigenvalue weighted by atomic mass is 9.77. The molecule has 0 radical (unpaired) electrons. The molecule has 23 heavy (non-hydrogen) atoms. The van der Waals surface area contributed by atoms with Gasteiger partial charge in [0.2, 0.25) is 0 Å². The summed E-state index contributed by atoms with van der Waals surface area (Å²) in [7, 11) is 0. The summed E-state index contributed by atoms with van der Waals surface area (Å²) >= 11 is 0. The normalized spacial score (nSPS) is 19.2. The monoisotopic (exact) mass is 312 g/mol. The third-order valence-electron chi connectivity index (χ3n) is 4.83. The van der Waals surface area contributed by atoms with Crippen molar-refractivity contribution in [3.8, 4) is 0 Å². The molecule has 0 saturated carbocycles. The van der Waals surface area contributed by atoms with Crippen molar-refractivity contribution in [2.75, 3.05) is 0 Å². The summed E-state index contributed by atoms with van der Waals surface area (Å²) in [5.41, 5.74) is 5.61. The van der Waals surface area contributed by atoms with E-state index >= 15 is 0 Å². The van der Waals surface area contributed by atoms with Crippen molar-refractivity contribution in [2.45, 2.75) is 72.6 Å². The van der Waals surface area contributed by atoms with Crippen LogP contribution in [0.5, 0.6) is 0 Å². The van der Waals surface area contributed by atoms with Crippen LogP contribution in [0.2, 0.25) is 0 Å². The largest absolute Gasteiger partial charge is 0.289 e. The van der Waals surface area contributed by atoms with Crippen LogP contribution in [0.15, 0.2) is 45.6 Å². The lowest BCUT2D eigenvalue weighted by Gasteiger charge is -2.25. The highest BCUT2D eigenvalue weighted by Gasteiger charge is 2.32. The van der Waals surface area contributed by atoms with E-state index in [2.05, 4.69) is 32.9 Å². The molecule has 2 aliphatic rings. The first-order valence-electron chi connectivity index (χ1n) is 8.72. The van der Waals surface area contributed by atoms with Crippen molar-refractivity contribution in [3.63, 3.8) is 0 Å². The minimum Gasteiger partial charge on any atom is -0.289 e. The smallest absolute Gasteiger partial charge is 0.186 e. The van der Waals surface area contributed by atoms with E-state index in [0.29, 0.717) is 12.0 Å². The number of Topliss-reactive ketones (excluding diaryl/α,β-unsaturated/α-hetero) is 2. The van der Waals surface area contributed by atoms with E-state index in [1.807, 2.05) is 6.92 Å². The summed E-state index contributed by atoms with van der Waals surface area (Å²) in [4.78, 5) is 25.2. The Bertz CT molecular complexity index is 635. The van der Waals surface area contributed by atoms with E-state index in [4.69, 9.17) is 0 Å². The van der Waals surface area contributed by atoms with E-state index < -0.39 is 0 Å². The Morgan fingerprint density at radius 2 is 1.57 bits per heavy atom. The number of rotatable bonds is 5. The second kappa shape index (κ2) is 7.72. The van der Waals surface area contributed by atoms with Gasteiger partial charge in [-0.05, 0) is 72.6 Å². The zero-order valence-electron chi connectivity index (χ0n) is 14.9. The number of carbonyl (C=O) groups excluding carboxylic acids is 2. The molecule has 0 bridgehead atoms. The van der Waals surface area contributed by atoms with Crippen LogP contribution in [0, 0.1) is 0 Å². The Balaban J connectivity index is 2.10. The fraction of sp³-hybridized carbons (Fsp3) is 0.524. The van der Waals surface area contributed by atoms with Gasteiger partial charge in [-0.2, -0.15) is 0 Å². The molecule has 0 heterocycles. The van der Waals surface area contributed by atoms with Crippen LogP contribution in [0.3, 0.4) is 0 Å². The van der Waals surface area contributed by atoms with Gasteiger partial charge in [-0.25, -0.2) is 0 Å². The third kappa shape index (κ3) is 4.19. The first kappa shape index (κ1) is 17.7. The zero-order chi connectivity index (χ0) is 17.0. The molecular weight excluding hydrogens is 284 g/mol. The lowest BCUT2D eigenvalue weighted by molar-refractivity contribution is -0.117. The van der Waals surface area contributed by atoms with Crippen LogP contribution >= 0.6 is 0 Å². The number of allylic oxidation sites excluding steroid dienone is 8. The number of ketones is 2. The highest BCUT2D eigenvalue weighted by molar-refractivity contribution is 6.25. The predicted molar refractivity (Wildman–Crippen MR) is 95.2 cm³/mol. The van der Waals surface area contributed by atoms with Gasteiger partial charge in [0.25, 0.3) is 0 Å². The quantitative estimate of drug-likeness (QED) is 0.502. The van der Waals surface area contributed by atoms with Gasteiger partial charge in [-0.15, -0.1) is 0 Å². The van der Waals surface area contributed by atoms with E-state index in [-0.39, 0.29) is 11.6 Å². The van der Waals surface area contributed by atoms with Crippen molar-refractivity contribution < 1.29 is 9.59 Å². The highest BCUT2D eigenvalue weighted by Crippen LogP contribution is 2.35. The van der Waals surface area contributed by atoms with Crippen molar-refractivity contribution in [2.24, 2.45) is 0 Å². The average Bonchev–Trinajstić information content (AvgIpc) is 2.52. The van der Waals surface area contributed by atoms with Gasteiger partial charge in [0.05, 0.1) is 0 Å². The van der Waals surface area contributed by atoms with Crippen molar-refractivity contribution >= 4 is 11.6 Å². The maximum Gasteiger partial charge on any atom is 0.186 e. The van der Waals surface area contributed by atoms with Gasteiger partial charge in [-0.1, -0.05) is 23.3 Å². The van der Waals surface area contributed by atoms with E-state index in [9.17, 15) is 9.59 Å². The van der Waals surface area contributed by atoms with Gasteiger partial charge in [0.1, 0.15) is 0 Å². The second-order valence-electron chi connectivity index (χ2n) is 7.00. The maximum absolute atomic E-state index is 12.7. The van der Waals surface area contributed by atoms with E-state index in [0.717, 1.165) is 55.2 Å². The van der Waals surface area contributed by atoms with Gasteiger partial charge in [0.15, 0.2) is 11.6 Å². The summed E-state index contributed by atoms with van der Waals surface area (Å²) in [6.45, 7) is 8.14. The molecule has 2 heteroatoms. The van der Waals surface area contributed by atoms with Crippen LogP contribution in [0.25, 0.3) is 0 Å². The summed E-state index contributed by atoms with van der Waals surface area (Å²) in [5.74, 6) is 0.245. The lowest BCUT2D eigenvalue weighted by Crippen LogP contribution is -2.25. The molecule has 124 valence electrons. The second-order valence-corrected chi connectivity index (χ2v) is 7.00. The van der Waals surface area contributed by atoms with Crippen molar-refractivity contribution in [3.05, 3.63) is 45.6 Å². The molecule has 0 aromatic carbocycles. The third-order valence-corrected chi connectivity index (χ3v) is 4.83. The topological polar surface area (TPSA) is 34.1 Å². The fourth-order valence-electron chi connectivity index (χ4n) is 3.33. The van der Waals surface area contributed by atoms with Gasteiger partial charge in [-0.3, -0.25) is 9.59 Å². The van der Waals surface area contributed by atoms with Crippen LogP contribution in [0.4, 0.5) is 0 Å². The summed E-state index contributed by atoms with van der Waals surface area (Å²) in [6, 6.07) is 0. The highest BCUT2D eigenvalue weighted by atomic mass is 16.1. The Hall–Kier alpha value is -1.70. The molecule has 0 N–H and O–H groups in total. The van der Waals surface area contributed by atoms with E-state index in [1.54, 1.807) is 0 Å². The molecule has 2 aliphatic carbocycles. The molecule has 0 unspecified atom stereocenters. The van der Waals surface area contributed by atoms with Crippen LogP contribution < -0.4 is 0 Å². The molecule has 0 saturated heterocycles. The molecule has 0 amide bonds. The first-order chi connectivity index (χ1) is 10.9. The molecule has 0 fully saturated rings. The Morgan fingerprint density at radius 1 is 0.957 bits per heavy atom. The Kier molecular flexibility index (Phi) is 5.92. The SMILES string of the molecule is CC(C)=CCC/C(C)=C/CC1=C(C)C(=O)C2=C(CCCC2)C1=O. The molecular formula is C21H28O2. The molecule has 2 nitrogen and oxygen atoms in total. The van der Waals surface area contributed by atoms with Crippen LogP contribution in [-0.2, 0) is 9.59 Å². The van der Waals surface area contributed by atoms with Crippen LogP contribution in [0.1, 0.15) is 72.6 Å². The molecule has 0 aromatic rings. The molecule has 0 aliphatic heterocycles. The van der Waals surface area contributed by atoms with Gasteiger partial charge >= 0.3 is 0 Å². The maximum atomic E-state index is 12.7. The molecule has 0 spiro atoms. The number of hydrogen-bond donors (Lipinski definition) is 0. The molecule has 2 rings (SSSR count). The number of carbonyl (C=O) groups is 2. The number of hydrogen-bond acceptors (Lipinski definition) is 2. The van der Waals surface area contributed by atoms with E-state index in [1.165, 1.54) is 11.1 Å². The Morgan fingerprint density at radius 3 is 2.17 bits per heavy atom. The summed E-state index contributed by atoms with van der Waals surface area (Å²) < 4.78 is 0. The summed E-state index contributed by atoms with van der Waals surface area (Å²) in [5, 5.41) is 0. The minimum absolute atomic E-state index is 0.116. The minimum atomic E-state index is 0.116. The molecule has 0 atom stereocenters. The average molecular weight is 312 g/mol. The molecule has 0 aromatic heterocycles. The van der Waals surface area contributed by atoms with Gasteiger partial charge < -0.3 is 0 Å². The Labute approximate surface area is 140 Å². The first-order valence-corrected chi connectivity index (χ1v) is 8.72.